The summed E-state index contributed by atoms with van der Waals surface area (Å²) in [5.74, 6) is -2.81. The lowest BCUT2D eigenvalue weighted by Crippen LogP contribution is -2.28. The number of rotatable bonds is 2. The number of benzene rings is 3. The maximum Gasteiger partial charge on any atom is 0.491 e. The lowest BCUT2D eigenvalue weighted by atomic mass is 10.0. The Labute approximate surface area is 140 Å². The van der Waals surface area contributed by atoms with Crippen LogP contribution in [0, 0.1) is 0 Å². The van der Waals surface area contributed by atoms with Gasteiger partial charge in [-0.05, 0) is 29.0 Å². The molecule has 0 aromatic heterocycles. The second-order valence-electron chi connectivity index (χ2n) is 5.43. The number of amides is 1. The van der Waals surface area contributed by atoms with E-state index in [1.165, 1.54) is 13.0 Å². The molecule has 1 amide bonds. The molecule has 0 saturated heterocycles. The Morgan fingerprint density at radius 3 is 2.32 bits per heavy atom. The second-order valence-corrected chi connectivity index (χ2v) is 5.43. The fourth-order valence-corrected chi connectivity index (χ4v) is 2.56. The van der Waals surface area contributed by atoms with E-state index in [-0.39, 0.29) is 11.7 Å². The number of nitrogens with one attached hydrogen (secondary N) is 1. The van der Waals surface area contributed by atoms with E-state index in [0.29, 0.717) is 27.2 Å². The van der Waals surface area contributed by atoms with E-state index in [4.69, 9.17) is 0 Å². The van der Waals surface area contributed by atoms with E-state index >= 15 is 0 Å². The average Bonchev–Trinajstić information content (AvgIpc) is 2.53. The van der Waals surface area contributed by atoms with E-state index in [9.17, 15) is 22.8 Å². The van der Waals surface area contributed by atoms with Crippen molar-refractivity contribution in [2.75, 3.05) is 5.32 Å². The molecule has 0 aliphatic rings. The number of carbonyl (C=O) groups excluding carboxylic acids is 2. The molecule has 3 aromatic carbocycles. The molecule has 7 heteroatoms. The lowest BCUT2D eigenvalue weighted by Gasteiger charge is -2.14. The van der Waals surface area contributed by atoms with Crippen LogP contribution in [0.5, 0.6) is 5.75 Å². The van der Waals surface area contributed by atoms with Crippen LogP contribution in [-0.4, -0.2) is 18.1 Å². The summed E-state index contributed by atoms with van der Waals surface area (Å²) in [4.78, 5) is 22.6. The van der Waals surface area contributed by atoms with Crippen molar-refractivity contribution in [3.05, 3.63) is 48.5 Å². The van der Waals surface area contributed by atoms with Gasteiger partial charge in [-0.15, -0.1) is 0 Å². The van der Waals surface area contributed by atoms with Crippen molar-refractivity contribution in [2.45, 2.75) is 13.1 Å². The van der Waals surface area contributed by atoms with Crippen LogP contribution >= 0.6 is 0 Å². The van der Waals surface area contributed by atoms with Gasteiger partial charge >= 0.3 is 12.1 Å². The largest absolute Gasteiger partial charge is 0.491 e. The minimum atomic E-state index is -5.11. The Bertz CT molecular complexity index is 996. The topological polar surface area (TPSA) is 55.4 Å². The van der Waals surface area contributed by atoms with Crippen LogP contribution in [0.4, 0.5) is 18.9 Å². The second kappa shape index (κ2) is 6.08. The number of halogens is 3. The molecule has 0 heterocycles. The fourth-order valence-electron chi connectivity index (χ4n) is 2.56. The van der Waals surface area contributed by atoms with Crippen molar-refractivity contribution < 1.29 is 27.5 Å². The highest BCUT2D eigenvalue weighted by Crippen LogP contribution is 2.37. The van der Waals surface area contributed by atoms with E-state index in [1.807, 2.05) is 0 Å². The first kappa shape index (κ1) is 16.8. The number of esters is 1. The van der Waals surface area contributed by atoms with Gasteiger partial charge in [0.05, 0.1) is 0 Å². The third kappa shape index (κ3) is 3.40. The van der Waals surface area contributed by atoms with Crippen molar-refractivity contribution in [2.24, 2.45) is 0 Å². The summed E-state index contributed by atoms with van der Waals surface area (Å²) in [5.41, 5.74) is 0.389. The Balaban J connectivity index is 2.26. The van der Waals surface area contributed by atoms with Gasteiger partial charge in [0.2, 0.25) is 5.91 Å². The Kier molecular flexibility index (Phi) is 4.08. The Morgan fingerprint density at radius 1 is 0.960 bits per heavy atom. The summed E-state index contributed by atoms with van der Waals surface area (Å²) in [6.07, 6.45) is -5.11. The zero-order valence-corrected chi connectivity index (χ0v) is 13.0. The first-order chi connectivity index (χ1) is 11.8. The van der Waals surface area contributed by atoms with Crippen LogP contribution in [0.3, 0.4) is 0 Å². The van der Waals surface area contributed by atoms with Gasteiger partial charge in [-0.3, -0.25) is 4.79 Å². The summed E-state index contributed by atoms with van der Waals surface area (Å²) >= 11 is 0. The standard InChI is InChI=1S/C18H12F3NO3/c1-10(23)22-13-7-6-12-8-11-4-2-3-5-14(11)16(15(12)9-13)25-17(24)18(19,20)21/h2-9H,1H3,(H,22,23). The molecule has 0 spiro atoms. The number of alkyl halides is 3. The molecule has 1 N–H and O–H groups in total. The molecule has 3 aromatic rings. The molecular weight excluding hydrogens is 335 g/mol. The van der Waals surface area contributed by atoms with Crippen molar-refractivity contribution in [1.82, 2.24) is 0 Å². The van der Waals surface area contributed by atoms with Crippen molar-refractivity contribution in [3.63, 3.8) is 0 Å². The SMILES string of the molecule is CC(=O)Nc1ccc2cc3ccccc3c(OC(=O)C(F)(F)F)c2c1. The van der Waals surface area contributed by atoms with Gasteiger partial charge in [0.15, 0.2) is 0 Å². The summed E-state index contributed by atoms with van der Waals surface area (Å²) in [6, 6.07) is 13.1. The molecule has 4 nitrogen and oxygen atoms in total. The zero-order valence-electron chi connectivity index (χ0n) is 13.0. The van der Waals surface area contributed by atoms with Crippen molar-refractivity contribution in [1.29, 1.82) is 0 Å². The third-order valence-electron chi connectivity index (χ3n) is 3.56. The molecule has 128 valence electrons. The molecule has 0 fully saturated rings. The van der Waals surface area contributed by atoms with Gasteiger partial charge < -0.3 is 10.1 Å². The third-order valence-corrected chi connectivity index (χ3v) is 3.56. The van der Waals surface area contributed by atoms with Crippen molar-refractivity contribution >= 4 is 39.1 Å². The molecule has 0 aliphatic carbocycles. The van der Waals surface area contributed by atoms with Crippen LogP contribution in [0.25, 0.3) is 21.5 Å². The minimum Gasteiger partial charge on any atom is -0.419 e. The van der Waals surface area contributed by atoms with Crippen LogP contribution < -0.4 is 10.1 Å². The maximum absolute atomic E-state index is 12.7. The number of carbonyl (C=O) groups is 2. The number of hydrogen-bond donors (Lipinski definition) is 1. The zero-order chi connectivity index (χ0) is 18.2. The van der Waals surface area contributed by atoms with Crippen LogP contribution in [0.1, 0.15) is 6.92 Å². The highest BCUT2D eigenvalue weighted by Gasteiger charge is 2.41. The molecule has 0 radical (unpaired) electrons. The lowest BCUT2D eigenvalue weighted by molar-refractivity contribution is -0.189. The summed E-state index contributed by atoms with van der Waals surface area (Å²) in [5, 5.41) is 4.43. The molecule has 0 bridgehead atoms. The number of anilines is 1. The molecule has 25 heavy (non-hydrogen) atoms. The average molecular weight is 347 g/mol. The highest BCUT2D eigenvalue weighted by molar-refractivity contribution is 6.08. The Morgan fingerprint density at radius 2 is 1.64 bits per heavy atom. The number of hydrogen-bond acceptors (Lipinski definition) is 3. The smallest absolute Gasteiger partial charge is 0.419 e. The molecular formula is C18H12F3NO3. The van der Waals surface area contributed by atoms with E-state index < -0.39 is 12.1 Å². The van der Waals surface area contributed by atoms with Gasteiger partial charge in [0.1, 0.15) is 5.75 Å². The first-order valence-corrected chi connectivity index (χ1v) is 7.28. The molecule has 0 saturated carbocycles. The first-order valence-electron chi connectivity index (χ1n) is 7.28. The quantitative estimate of drug-likeness (QED) is 0.424. The summed E-state index contributed by atoms with van der Waals surface area (Å²) in [6.45, 7) is 1.31. The van der Waals surface area contributed by atoms with Crippen molar-refractivity contribution in [3.8, 4) is 5.75 Å². The van der Waals surface area contributed by atoms with Crippen LogP contribution in [-0.2, 0) is 9.59 Å². The number of fused-ring (bicyclic) bond motifs is 2. The van der Waals surface area contributed by atoms with E-state index in [2.05, 4.69) is 10.1 Å². The Hall–Kier alpha value is -3.09. The highest BCUT2D eigenvalue weighted by atomic mass is 19.4. The van der Waals surface area contributed by atoms with Gasteiger partial charge in [-0.25, -0.2) is 4.79 Å². The predicted octanol–water partition coefficient (Wildman–Crippen LogP) is 4.42. The van der Waals surface area contributed by atoms with E-state index in [0.717, 1.165) is 0 Å². The molecule has 0 unspecified atom stereocenters. The fraction of sp³-hybridized carbons (Fsp3) is 0.111. The van der Waals surface area contributed by atoms with Crippen LogP contribution in [0.15, 0.2) is 48.5 Å². The molecule has 0 aliphatic heterocycles. The van der Waals surface area contributed by atoms with Crippen LogP contribution in [0.2, 0.25) is 0 Å². The molecule has 3 rings (SSSR count). The number of ether oxygens (including phenoxy) is 1. The van der Waals surface area contributed by atoms with Gasteiger partial charge in [-0.2, -0.15) is 13.2 Å². The van der Waals surface area contributed by atoms with Gasteiger partial charge in [0.25, 0.3) is 0 Å². The summed E-state index contributed by atoms with van der Waals surface area (Å²) < 4.78 is 42.7. The predicted molar refractivity (Wildman–Crippen MR) is 87.4 cm³/mol. The van der Waals surface area contributed by atoms with Gasteiger partial charge in [-0.1, -0.05) is 30.3 Å². The normalized spacial score (nSPS) is 11.5. The monoisotopic (exact) mass is 347 g/mol. The minimum absolute atomic E-state index is 0.192. The molecule has 0 atom stereocenters. The van der Waals surface area contributed by atoms with Gasteiger partial charge in [0, 0.05) is 23.4 Å². The van der Waals surface area contributed by atoms with E-state index in [1.54, 1.807) is 42.5 Å². The maximum atomic E-state index is 12.7. The summed E-state index contributed by atoms with van der Waals surface area (Å²) in [7, 11) is 0.